The Morgan fingerprint density at radius 2 is 1.94 bits per heavy atom. The monoisotopic (exact) mass is 455 g/mol. The van der Waals surface area contributed by atoms with Gasteiger partial charge in [-0.2, -0.15) is 0 Å². The van der Waals surface area contributed by atoms with Gasteiger partial charge in [-0.25, -0.2) is 9.59 Å². The SMILES string of the molecule is COC(=O)c1ccc(N2CCN([C@H]3CC[C@](CN)(c4cccc(Cl)c4)CC3)C2=O)cc1C. The summed E-state index contributed by atoms with van der Waals surface area (Å²) < 4.78 is 4.82. The predicted octanol–water partition coefficient (Wildman–Crippen LogP) is 4.52. The maximum atomic E-state index is 13.3. The number of aryl methyl sites for hydroxylation is 1. The van der Waals surface area contributed by atoms with Gasteiger partial charge in [-0.1, -0.05) is 23.7 Å². The quantitative estimate of drug-likeness (QED) is 0.672. The third-order valence-corrected chi connectivity index (χ3v) is 7.38. The smallest absolute Gasteiger partial charge is 0.338 e. The van der Waals surface area contributed by atoms with E-state index in [0.29, 0.717) is 25.2 Å². The number of rotatable bonds is 5. The van der Waals surface area contributed by atoms with Crippen molar-refractivity contribution in [3.63, 3.8) is 0 Å². The molecule has 2 fully saturated rings. The second-order valence-corrected chi connectivity index (χ2v) is 9.28. The van der Waals surface area contributed by atoms with E-state index >= 15 is 0 Å². The molecule has 2 amide bonds. The molecule has 0 aromatic heterocycles. The van der Waals surface area contributed by atoms with E-state index in [0.717, 1.165) is 42.0 Å². The maximum Gasteiger partial charge on any atom is 0.338 e. The molecule has 1 aliphatic carbocycles. The number of benzene rings is 2. The van der Waals surface area contributed by atoms with Crippen molar-refractivity contribution < 1.29 is 14.3 Å². The van der Waals surface area contributed by atoms with Gasteiger partial charge in [0, 0.05) is 41.8 Å². The second-order valence-electron chi connectivity index (χ2n) is 8.84. The predicted molar refractivity (Wildman–Crippen MR) is 126 cm³/mol. The van der Waals surface area contributed by atoms with E-state index in [1.807, 2.05) is 42.2 Å². The molecular weight excluding hydrogens is 426 g/mol. The number of amides is 2. The van der Waals surface area contributed by atoms with Gasteiger partial charge in [0.1, 0.15) is 0 Å². The van der Waals surface area contributed by atoms with Crippen LogP contribution in [0.3, 0.4) is 0 Å². The summed E-state index contributed by atoms with van der Waals surface area (Å²) in [6, 6.07) is 13.7. The third-order valence-electron chi connectivity index (χ3n) is 7.15. The zero-order valence-electron chi connectivity index (χ0n) is 18.6. The van der Waals surface area contributed by atoms with Crippen LogP contribution in [0.25, 0.3) is 0 Å². The van der Waals surface area contributed by atoms with E-state index in [4.69, 9.17) is 22.1 Å². The van der Waals surface area contributed by atoms with Crippen LogP contribution in [0, 0.1) is 6.92 Å². The average Bonchev–Trinajstić information content (AvgIpc) is 3.19. The summed E-state index contributed by atoms with van der Waals surface area (Å²) in [4.78, 5) is 28.9. The molecule has 2 aromatic rings. The largest absolute Gasteiger partial charge is 0.465 e. The molecule has 1 aliphatic heterocycles. The topological polar surface area (TPSA) is 75.9 Å². The number of nitrogens with zero attached hydrogens (tertiary/aromatic N) is 2. The molecule has 2 N–H and O–H groups in total. The van der Waals surface area contributed by atoms with Crippen LogP contribution in [0.4, 0.5) is 10.5 Å². The summed E-state index contributed by atoms with van der Waals surface area (Å²) in [6.45, 7) is 3.78. The summed E-state index contributed by atoms with van der Waals surface area (Å²) in [5.74, 6) is -0.367. The lowest BCUT2D eigenvalue weighted by Gasteiger charge is -2.42. The van der Waals surface area contributed by atoms with Crippen molar-refractivity contribution in [1.82, 2.24) is 4.90 Å². The van der Waals surface area contributed by atoms with Gasteiger partial charge in [-0.3, -0.25) is 4.90 Å². The van der Waals surface area contributed by atoms with Gasteiger partial charge in [0.2, 0.25) is 0 Å². The second kappa shape index (κ2) is 9.12. The number of anilines is 1. The van der Waals surface area contributed by atoms with Crippen molar-refractivity contribution in [1.29, 1.82) is 0 Å². The fourth-order valence-corrected chi connectivity index (χ4v) is 5.37. The minimum absolute atomic E-state index is 0.0308. The Bertz CT molecular complexity index is 1020. The minimum atomic E-state index is -0.367. The normalized spacial score (nSPS) is 23.5. The summed E-state index contributed by atoms with van der Waals surface area (Å²) in [7, 11) is 1.37. The number of urea groups is 1. The maximum absolute atomic E-state index is 13.3. The Hall–Kier alpha value is -2.57. The fraction of sp³-hybridized carbons (Fsp3) is 0.440. The standard InChI is InChI=1S/C25H30ClN3O3/c1-17-14-21(6-7-22(17)23(30)32-2)29-13-12-28(24(29)31)20-8-10-25(16-27,11-9-20)18-4-3-5-19(26)15-18/h3-7,14-15,20H,8-13,16,27H2,1-2H3/t20-,25-. The molecule has 4 rings (SSSR count). The molecule has 6 nitrogen and oxygen atoms in total. The minimum Gasteiger partial charge on any atom is -0.465 e. The van der Waals surface area contributed by atoms with E-state index in [9.17, 15) is 9.59 Å². The number of hydrogen-bond acceptors (Lipinski definition) is 4. The third kappa shape index (κ3) is 4.09. The summed E-state index contributed by atoms with van der Waals surface area (Å²) in [5, 5.41) is 0.733. The number of ether oxygens (including phenoxy) is 1. The van der Waals surface area contributed by atoms with E-state index < -0.39 is 0 Å². The Balaban J connectivity index is 1.45. The van der Waals surface area contributed by atoms with Crippen molar-refractivity contribution >= 4 is 29.3 Å². The summed E-state index contributed by atoms with van der Waals surface area (Å²) >= 11 is 6.23. The number of esters is 1. The average molecular weight is 456 g/mol. The van der Waals surface area contributed by atoms with Gasteiger partial charge in [-0.05, 0) is 74.1 Å². The van der Waals surface area contributed by atoms with Crippen LogP contribution in [0.15, 0.2) is 42.5 Å². The van der Waals surface area contributed by atoms with Crippen LogP contribution in [0.2, 0.25) is 5.02 Å². The molecule has 0 unspecified atom stereocenters. The van der Waals surface area contributed by atoms with Crippen LogP contribution in [0.1, 0.15) is 47.2 Å². The zero-order valence-corrected chi connectivity index (χ0v) is 19.4. The van der Waals surface area contributed by atoms with Crippen LogP contribution in [-0.2, 0) is 10.2 Å². The molecule has 1 heterocycles. The van der Waals surface area contributed by atoms with Gasteiger partial charge in [0.25, 0.3) is 0 Å². The highest BCUT2D eigenvalue weighted by Gasteiger charge is 2.41. The summed E-state index contributed by atoms with van der Waals surface area (Å²) in [6.07, 6.45) is 3.71. The molecule has 170 valence electrons. The van der Waals surface area contributed by atoms with E-state index in [-0.39, 0.29) is 23.5 Å². The van der Waals surface area contributed by atoms with E-state index in [1.54, 1.807) is 11.0 Å². The van der Waals surface area contributed by atoms with Gasteiger partial charge < -0.3 is 15.4 Å². The van der Waals surface area contributed by atoms with E-state index in [1.165, 1.54) is 12.7 Å². The molecule has 32 heavy (non-hydrogen) atoms. The number of carbonyl (C=O) groups excluding carboxylic acids is 2. The molecule has 0 atom stereocenters. The Kier molecular flexibility index (Phi) is 6.45. The first-order chi connectivity index (χ1) is 15.4. The number of carbonyl (C=O) groups is 2. The number of nitrogens with two attached hydrogens (primary N) is 1. The molecule has 1 saturated heterocycles. The lowest BCUT2D eigenvalue weighted by molar-refractivity contribution is 0.0600. The first-order valence-corrected chi connectivity index (χ1v) is 11.5. The van der Waals surface area contributed by atoms with Crippen molar-refractivity contribution in [3.8, 4) is 0 Å². The van der Waals surface area contributed by atoms with Gasteiger partial charge in [0.05, 0.1) is 12.7 Å². The van der Waals surface area contributed by atoms with Crippen LogP contribution in [-0.4, -0.2) is 49.7 Å². The number of hydrogen-bond donors (Lipinski definition) is 1. The van der Waals surface area contributed by atoms with Crippen LogP contribution >= 0.6 is 11.6 Å². The van der Waals surface area contributed by atoms with E-state index in [2.05, 4.69) is 6.07 Å². The highest BCUT2D eigenvalue weighted by molar-refractivity contribution is 6.30. The Morgan fingerprint density at radius 1 is 1.19 bits per heavy atom. The number of methoxy groups -OCH3 is 1. The molecular formula is C25H30ClN3O3. The molecule has 0 bridgehead atoms. The lowest BCUT2D eigenvalue weighted by Crippen LogP contribution is -2.46. The van der Waals surface area contributed by atoms with Crippen LogP contribution in [0.5, 0.6) is 0 Å². The highest BCUT2D eigenvalue weighted by atomic mass is 35.5. The zero-order chi connectivity index (χ0) is 22.9. The molecule has 0 spiro atoms. The first kappa shape index (κ1) is 22.6. The summed E-state index contributed by atoms with van der Waals surface area (Å²) in [5.41, 5.74) is 9.49. The molecule has 2 aromatic carbocycles. The Labute approximate surface area is 194 Å². The van der Waals surface area contributed by atoms with Crippen molar-refractivity contribution in [2.45, 2.75) is 44.1 Å². The number of halogens is 1. The highest BCUT2D eigenvalue weighted by Crippen LogP contribution is 2.41. The Morgan fingerprint density at radius 3 is 2.56 bits per heavy atom. The van der Waals surface area contributed by atoms with Crippen molar-refractivity contribution in [3.05, 3.63) is 64.2 Å². The van der Waals surface area contributed by atoms with Gasteiger partial charge in [-0.15, -0.1) is 0 Å². The molecule has 2 aliphatic rings. The molecule has 0 radical (unpaired) electrons. The fourth-order valence-electron chi connectivity index (χ4n) is 5.18. The van der Waals surface area contributed by atoms with Gasteiger partial charge in [0.15, 0.2) is 0 Å². The van der Waals surface area contributed by atoms with Gasteiger partial charge >= 0.3 is 12.0 Å². The van der Waals surface area contributed by atoms with Crippen LogP contribution < -0.4 is 10.6 Å². The lowest BCUT2D eigenvalue weighted by atomic mass is 9.68. The first-order valence-electron chi connectivity index (χ1n) is 11.1. The molecule has 7 heteroatoms. The van der Waals surface area contributed by atoms with Crippen molar-refractivity contribution in [2.75, 3.05) is 31.6 Å². The molecule has 1 saturated carbocycles. The van der Waals surface area contributed by atoms with Crippen molar-refractivity contribution in [2.24, 2.45) is 5.73 Å².